The van der Waals surface area contributed by atoms with Gasteiger partial charge in [-0.05, 0) is 38.5 Å². The summed E-state index contributed by atoms with van der Waals surface area (Å²) in [5.74, 6) is 0. The molecule has 0 N–H and O–H groups in total. The largest absolute Gasteiger partial charge is 0.326 e. The van der Waals surface area contributed by atoms with Gasteiger partial charge in [-0.25, -0.2) is 18.6 Å². The molecule has 0 saturated carbocycles. The van der Waals surface area contributed by atoms with E-state index < -0.39 is 10.2 Å². The van der Waals surface area contributed by atoms with Gasteiger partial charge in [0, 0.05) is 0 Å². The second-order valence-corrected chi connectivity index (χ2v) is 14.5. The summed E-state index contributed by atoms with van der Waals surface area (Å²) in [5, 5.41) is 0. The number of halogens is 1. The molecule has 0 atom stereocenters. The zero-order chi connectivity index (χ0) is 32.3. The first-order valence-electron chi connectivity index (χ1n) is 19.1. The second kappa shape index (κ2) is 35.0. The van der Waals surface area contributed by atoms with E-state index in [0.717, 1.165) is 0 Å². The Kier molecular flexibility index (Phi) is 36.8. The Morgan fingerprint density at radius 3 is 0.605 bits per heavy atom. The zero-order valence-corrected chi connectivity index (χ0v) is 30.5. The fraction of sp³-hybridized carbons (Fsp3) is 1.00. The predicted molar refractivity (Wildman–Crippen MR) is 176 cm³/mol. The van der Waals surface area contributed by atoms with E-state index in [9.17, 15) is 0 Å². The van der Waals surface area contributed by atoms with Crippen LogP contribution in [0.4, 0.5) is 0 Å². The maximum absolute atomic E-state index is 8.49. The van der Waals surface area contributed by atoms with Crippen LogP contribution < -0.4 is 18.6 Å². The number of nitrogens with zero attached hydrogens (tertiary/aromatic N) is 1. The first-order chi connectivity index (χ1) is 20.7. The fourth-order valence-electron chi connectivity index (χ4n) is 6.28. The van der Waals surface area contributed by atoms with Crippen molar-refractivity contribution in [3.8, 4) is 0 Å². The molecule has 0 fully saturated rings. The molecule has 0 aromatic rings. The minimum atomic E-state index is -4.94. The molecule has 0 aliphatic rings. The van der Waals surface area contributed by atoms with Crippen molar-refractivity contribution in [3.05, 3.63) is 0 Å². The Morgan fingerprint density at radius 1 is 0.302 bits per heavy atom. The van der Waals surface area contributed by atoms with Crippen LogP contribution in [0, 0.1) is 10.2 Å². The highest BCUT2D eigenvalue weighted by atomic mass is 35.7. The van der Waals surface area contributed by atoms with Crippen LogP contribution in [0.25, 0.3) is 0 Å². The maximum atomic E-state index is 8.49. The number of unbranched alkanes of at least 4 members (excludes halogenated alkanes) is 27. The van der Waals surface area contributed by atoms with E-state index in [2.05, 4.69) is 27.8 Å². The third-order valence-corrected chi connectivity index (χ3v) is 9.15. The smallest absolute Gasteiger partial charge is 0.0784 e. The van der Waals surface area contributed by atoms with Crippen LogP contribution in [-0.4, -0.2) is 31.2 Å². The fourth-order valence-corrected chi connectivity index (χ4v) is 6.28. The molecule has 0 aromatic carbocycles. The highest BCUT2D eigenvalue weighted by Crippen LogP contribution is 2.18. The maximum Gasteiger partial charge on any atom is 0.0784 e. The Hall–Kier alpha value is 0.0900. The summed E-state index contributed by atoms with van der Waals surface area (Å²) in [6.45, 7) is 11.3. The summed E-state index contributed by atoms with van der Waals surface area (Å²) in [7, 11) is -2.34. The molecule has 0 aromatic heterocycles. The molecule has 5 nitrogen and oxygen atoms in total. The van der Waals surface area contributed by atoms with Gasteiger partial charge in [-0.1, -0.05) is 175 Å². The summed E-state index contributed by atoms with van der Waals surface area (Å²) < 4.78 is 35.3. The van der Waals surface area contributed by atoms with Gasteiger partial charge in [-0.15, -0.1) is 10.2 Å². The van der Waals surface area contributed by atoms with Gasteiger partial charge in [-0.3, -0.25) is 0 Å². The molecule has 0 heterocycles. The van der Waals surface area contributed by atoms with Crippen molar-refractivity contribution in [1.29, 1.82) is 0 Å². The van der Waals surface area contributed by atoms with Crippen LogP contribution in [-0.2, 0) is 0 Å². The summed E-state index contributed by atoms with van der Waals surface area (Å²) in [6, 6.07) is 0. The summed E-state index contributed by atoms with van der Waals surface area (Å²) >= 11 is 0. The van der Waals surface area contributed by atoms with Crippen molar-refractivity contribution in [2.45, 2.75) is 213 Å². The minimum absolute atomic E-state index is 1.37. The Morgan fingerprint density at radius 2 is 0.442 bits per heavy atom. The Bertz CT molecular complexity index is 450. The number of hydrogen-bond acceptors (Lipinski definition) is 4. The third-order valence-electron chi connectivity index (χ3n) is 9.15. The normalized spacial score (nSPS) is 12.0. The molecular weight excluding hydrogens is 558 g/mol. The van der Waals surface area contributed by atoms with Gasteiger partial charge in [0.2, 0.25) is 0 Å². The van der Waals surface area contributed by atoms with Crippen LogP contribution in [0.1, 0.15) is 213 Å². The van der Waals surface area contributed by atoms with E-state index in [4.69, 9.17) is 18.6 Å². The molecule has 0 rings (SSSR count). The molecule has 6 heteroatoms. The van der Waals surface area contributed by atoms with Gasteiger partial charge in [-0.2, -0.15) is 0 Å². The molecule has 262 valence electrons. The van der Waals surface area contributed by atoms with Crippen LogP contribution in [0.3, 0.4) is 0 Å². The van der Waals surface area contributed by atoms with E-state index in [-0.39, 0.29) is 0 Å². The minimum Gasteiger partial charge on any atom is -0.326 e. The van der Waals surface area contributed by atoms with Gasteiger partial charge < -0.3 is 4.48 Å². The number of rotatable bonds is 33. The van der Waals surface area contributed by atoms with Crippen molar-refractivity contribution < 1.29 is 33.4 Å². The average molecular weight is 636 g/mol. The highest BCUT2D eigenvalue weighted by molar-refractivity contribution is 4.53. The van der Waals surface area contributed by atoms with Gasteiger partial charge >= 0.3 is 0 Å². The van der Waals surface area contributed by atoms with Crippen molar-refractivity contribution >= 4 is 0 Å². The number of hydrogen-bond donors (Lipinski definition) is 0. The SMILES string of the molecule is CCCCCCCCCCCC[N+](C)(CCCCCCCCCCCC)CCCCCCCCCCCC.[O-][Cl+3]([O-])([O-])[O-]. The molecule has 43 heavy (non-hydrogen) atoms. The lowest BCUT2D eigenvalue weighted by molar-refractivity contribution is -2.00. The average Bonchev–Trinajstić information content (AvgIpc) is 2.95. The van der Waals surface area contributed by atoms with Gasteiger partial charge in [0.05, 0.1) is 26.7 Å². The van der Waals surface area contributed by atoms with Crippen molar-refractivity contribution in [2.75, 3.05) is 26.7 Å². The summed E-state index contributed by atoms with van der Waals surface area (Å²) in [5.41, 5.74) is 0. The summed E-state index contributed by atoms with van der Waals surface area (Å²) in [4.78, 5) is 0. The molecule has 0 bridgehead atoms. The summed E-state index contributed by atoms with van der Waals surface area (Å²) in [6.07, 6.45) is 43.8. The Labute approximate surface area is 272 Å². The second-order valence-electron chi connectivity index (χ2n) is 13.7. The van der Waals surface area contributed by atoms with Crippen molar-refractivity contribution in [1.82, 2.24) is 0 Å². The lowest BCUT2D eigenvalue weighted by atomic mass is 10.0. The van der Waals surface area contributed by atoms with E-state index >= 15 is 0 Å². The monoisotopic (exact) mass is 636 g/mol. The standard InChI is InChI=1S/C37H78N.ClHO4/c1-5-8-11-14-17-20-23-26-29-32-35-38(4,36-33-30-27-24-21-18-15-12-9-6-2)37-34-31-28-25-22-19-16-13-10-7-3;2-1(3,4)5/h5-37H2,1-4H3;(H,2,3,4,5)/q+1;/p-1. The zero-order valence-electron chi connectivity index (χ0n) is 29.8. The van der Waals surface area contributed by atoms with E-state index in [1.807, 2.05) is 0 Å². The van der Waals surface area contributed by atoms with Gasteiger partial charge in [0.25, 0.3) is 0 Å². The number of quaternary nitrogens is 1. The van der Waals surface area contributed by atoms with Crippen molar-refractivity contribution in [2.24, 2.45) is 0 Å². The molecule has 0 aliphatic carbocycles. The van der Waals surface area contributed by atoms with Crippen LogP contribution in [0.5, 0.6) is 0 Å². The lowest BCUT2D eigenvalue weighted by Gasteiger charge is -2.35. The van der Waals surface area contributed by atoms with Gasteiger partial charge in [0.1, 0.15) is 0 Å². The molecule has 0 aliphatic heterocycles. The van der Waals surface area contributed by atoms with E-state index in [0.29, 0.717) is 0 Å². The molecular formula is C37H78ClNO4. The lowest BCUT2D eigenvalue weighted by Crippen LogP contribution is -2.68. The molecule has 0 amide bonds. The molecule has 0 unspecified atom stereocenters. The van der Waals surface area contributed by atoms with Crippen LogP contribution in [0.15, 0.2) is 0 Å². The third kappa shape index (κ3) is 44.3. The van der Waals surface area contributed by atoms with Crippen LogP contribution in [0.2, 0.25) is 0 Å². The molecule has 0 saturated heterocycles. The topological polar surface area (TPSA) is 92.2 Å². The first kappa shape index (κ1) is 45.2. The highest BCUT2D eigenvalue weighted by Gasteiger charge is 2.20. The van der Waals surface area contributed by atoms with E-state index in [1.54, 1.807) is 0 Å². The quantitative estimate of drug-likeness (QED) is 0.0534. The first-order valence-corrected chi connectivity index (χ1v) is 20.4. The van der Waals surface area contributed by atoms with Gasteiger partial charge in [0.15, 0.2) is 0 Å². The van der Waals surface area contributed by atoms with E-state index in [1.165, 1.54) is 217 Å². The predicted octanol–water partition coefficient (Wildman–Crippen LogP) is 8.44. The Balaban J connectivity index is 0. The van der Waals surface area contributed by atoms with Crippen LogP contribution >= 0.6 is 0 Å². The van der Waals surface area contributed by atoms with Crippen molar-refractivity contribution in [3.63, 3.8) is 0 Å². The molecule has 0 radical (unpaired) electrons. The molecule has 0 spiro atoms.